The third-order valence-electron chi connectivity index (χ3n) is 6.75. The summed E-state index contributed by atoms with van der Waals surface area (Å²) in [6, 6.07) is 0.293. The monoisotopic (exact) mass is 510 g/mol. The van der Waals surface area contributed by atoms with Crippen molar-refractivity contribution in [3.63, 3.8) is 0 Å². The zero-order valence-electron chi connectivity index (χ0n) is 19.1. The summed E-state index contributed by atoms with van der Waals surface area (Å²) in [5.41, 5.74) is 1.02. The predicted molar refractivity (Wildman–Crippen MR) is 132 cm³/mol. The van der Waals surface area contributed by atoms with Crippen LogP contribution in [0.15, 0.2) is 10.9 Å². The van der Waals surface area contributed by atoms with Gasteiger partial charge in [-0.2, -0.15) is 4.37 Å². The highest BCUT2D eigenvalue weighted by Gasteiger charge is 2.46. The van der Waals surface area contributed by atoms with Crippen LogP contribution < -0.4 is 10.6 Å². The van der Waals surface area contributed by atoms with Crippen molar-refractivity contribution < 1.29 is 4.79 Å². The second-order valence-electron chi connectivity index (χ2n) is 10.3. The average Bonchev–Trinajstić information content (AvgIpc) is 3.25. The first-order valence-electron chi connectivity index (χ1n) is 11.2. The van der Waals surface area contributed by atoms with Crippen molar-refractivity contribution in [1.29, 1.82) is 0 Å². The van der Waals surface area contributed by atoms with Crippen LogP contribution in [-0.2, 0) is 7.05 Å². The lowest BCUT2D eigenvalue weighted by atomic mass is 9.88. The first-order valence-corrected chi connectivity index (χ1v) is 12.7. The first kappa shape index (κ1) is 23.0. The molecule has 0 aliphatic carbocycles. The number of aromatic amines is 1. The Morgan fingerprint density at radius 1 is 1.24 bits per heavy atom. The summed E-state index contributed by atoms with van der Waals surface area (Å²) in [6.45, 7) is 8.80. The Morgan fingerprint density at radius 2 is 1.97 bits per heavy atom. The van der Waals surface area contributed by atoms with Gasteiger partial charge >= 0.3 is 5.69 Å². The van der Waals surface area contributed by atoms with Gasteiger partial charge in [-0.25, -0.2) is 4.79 Å². The Kier molecular flexibility index (Phi) is 5.67. The number of aromatic nitrogens is 3. The number of fused-ring (bicyclic) bond motifs is 4. The van der Waals surface area contributed by atoms with E-state index in [-0.39, 0.29) is 46.0 Å². The van der Waals surface area contributed by atoms with Crippen molar-refractivity contribution in [2.24, 2.45) is 12.5 Å². The van der Waals surface area contributed by atoms with E-state index in [9.17, 15) is 9.59 Å². The van der Waals surface area contributed by atoms with Crippen molar-refractivity contribution in [2.45, 2.75) is 51.9 Å². The highest BCUT2D eigenvalue weighted by Crippen LogP contribution is 2.38. The lowest BCUT2D eigenvalue weighted by Crippen LogP contribution is -2.68. The second-order valence-corrected chi connectivity index (χ2v) is 12.1. The number of carbonyl (C=O) groups is 1. The Labute approximate surface area is 206 Å². The van der Waals surface area contributed by atoms with Gasteiger partial charge in [-0.05, 0) is 41.9 Å². The summed E-state index contributed by atoms with van der Waals surface area (Å²) in [7, 11) is 1.81. The van der Waals surface area contributed by atoms with Gasteiger partial charge in [-0.15, -0.1) is 0 Å². The molecule has 0 radical (unpaired) electrons. The van der Waals surface area contributed by atoms with Gasteiger partial charge in [0.15, 0.2) is 5.69 Å². The minimum Gasteiger partial charge on any atom is -0.336 e. The van der Waals surface area contributed by atoms with E-state index in [2.05, 4.69) is 46.0 Å². The number of rotatable bonds is 3. The molecule has 11 heteroatoms. The summed E-state index contributed by atoms with van der Waals surface area (Å²) in [6.07, 6.45) is 6.18. The summed E-state index contributed by atoms with van der Waals surface area (Å²) in [5.74, 6) is 0.777. The van der Waals surface area contributed by atoms with Gasteiger partial charge in [-0.1, -0.05) is 44.0 Å². The Morgan fingerprint density at radius 3 is 2.58 bits per heavy atom. The predicted octanol–water partition coefficient (Wildman–Crippen LogP) is 3.67. The maximum atomic E-state index is 13.2. The smallest absolute Gasteiger partial charge is 0.327 e. The van der Waals surface area contributed by atoms with E-state index in [0.29, 0.717) is 10.9 Å². The van der Waals surface area contributed by atoms with Gasteiger partial charge < -0.3 is 14.8 Å². The summed E-state index contributed by atoms with van der Waals surface area (Å²) in [4.78, 5) is 35.3. The van der Waals surface area contributed by atoms with Gasteiger partial charge in [0.2, 0.25) is 0 Å². The van der Waals surface area contributed by atoms with Gasteiger partial charge in [-0.3, -0.25) is 14.3 Å². The number of nitrogens with one attached hydrogen (secondary N) is 1. The number of hydrogen-bond donors (Lipinski definition) is 1. The quantitative estimate of drug-likeness (QED) is 0.681. The average molecular weight is 511 g/mol. The molecule has 2 bridgehead atoms. The van der Waals surface area contributed by atoms with E-state index in [0.717, 1.165) is 49.0 Å². The minimum atomic E-state index is -0.140. The molecule has 6 rings (SSSR count). The van der Waals surface area contributed by atoms with Crippen molar-refractivity contribution in [3.05, 3.63) is 37.3 Å². The van der Waals surface area contributed by atoms with Gasteiger partial charge in [0.1, 0.15) is 21.3 Å². The number of carbonyl (C=O) groups excluding carboxylic acids is 1. The van der Waals surface area contributed by atoms with Crippen molar-refractivity contribution in [1.82, 2.24) is 23.7 Å². The van der Waals surface area contributed by atoms with E-state index >= 15 is 0 Å². The van der Waals surface area contributed by atoms with E-state index < -0.39 is 0 Å². The van der Waals surface area contributed by atoms with Crippen LogP contribution in [0.4, 0.5) is 5.82 Å². The van der Waals surface area contributed by atoms with Crippen LogP contribution in [-0.4, -0.2) is 67.5 Å². The summed E-state index contributed by atoms with van der Waals surface area (Å²) in [5, 5.41) is 0.248. The summed E-state index contributed by atoms with van der Waals surface area (Å²) >= 11 is 13.3. The molecule has 3 fully saturated rings. The van der Waals surface area contributed by atoms with Crippen LogP contribution in [0.25, 0.3) is 6.08 Å². The fourth-order valence-corrected chi connectivity index (χ4v) is 6.32. The lowest BCUT2D eigenvalue weighted by molar-refractivity contribution is -0.0249. The number of anilines is 1. The highest BCUT2D eigenvalue weighted by molar-refractivity contribution is 7.11. The molecule has 3 atom stereocenters. The Bertz CT molecular complexity index is 1180. The topological polar surface area (TPSA) is 77.5 Å². The molecule has 3 unspecified atom stereocenters. The molecule has 3 saturated heterocycles. The zero-order chi connectivity index (χ0) is 23.7. The molecular formula is C22H28Cl2N6O2S. The van der Waals surface area contributed by atoms with E-state index in [1.165, 1.54) is 0 Å². The molecule has 0 aromatic carbocycles. The molecule has 0 spiro atoms. The minimum absolute atomic E-state index is 0.0143. The molecule has 8 nitrogen and oxygen atoms in total. The number of piperazine rings is 1. The van der Waals surface area contributed by atoms with E-state index in [4.69, 9.17) is 23.2 Å². The molecule has 2 aromatic heterocycles. The molecule has 1 amide bonds. The summed E-state index contributed by atoms with van der Waals surface area (Å²) < 4.78 is 6.24. The third-order valence-corrected chi connectivity index (χ3v) is 8.36. The van der Waals surface area contributed by atoms with Gasteiger partial charge in [0.05, 0.1) is 5.69 Å². The third kappa shape index (κ3) is 3.92. The Balaban J connectivity index is 1.43. The number of halogens is 2. The van der Waals surface area contributed by atoms with Crippen LogP contribution in [0.5, 0.6) is 0 Å². The van der Waals surface area contributed by atoms with Crippen LogP contribution in [0.2, 0.25) is 9.36 Å². The fourth-order valence-electron chi connectivity index (χ4n) is 5.34. The van der Waals surface area contributed by atoms with Crippen LogP contribution in [0.3, 0.4) is 0 Å². The van der Waals surface area contributed by atoms with Crippen molar-refractivity contribution in [2.75, 3.05) is 24.5 Å². The SMILES string of the molecule is Cn1c2c([nH]c1=O)C=CC(N1CC3CCC1CN3C(=O)c1nsc(Cl)c1Cl)N2CC(C)(C)C. The van der Waals surface area contributed by atoms with Crippen molar-refractivity contribution >= 4 is 52.5 Å². The molecular weight excluding hydrogens is 483 g/mol. The maximum absolute atomic E-state index is 13.2. The number of H-pyrrole nitrogens is 1. The molecule has 0 saturated carbocycles. The van der Waals surface area contributed by atoms with Gasteiger partial charge in [0.25, 0.3) is 5.91 Å². The fraction of sp³-hybridized carbons (Fsp3) is 0.591. The molecule has 1 N–H and O–H groups in total. The number of piperidine rings is 2. The van der Waals surface area contributed by atoms with E-state index in [1.54, 1.807) is 4.57 Å². The molecule has 33 heavy (non-hydrogen) atoms. The zero-order valence-corrected chi connectivity index (χ0v) is 21.5. The van der Waals surface area contributed by atoms with Crippen LogP contribution >= 0.6 is 34.7 Å². The number of nitrogens with zero attached hydrogens (tertiary/aromatic N) is 5. The normalized spacial score (nSPS) is 25.1. The Hall–Kier alpha value is -1.81. The lowest BCUT2D eigenvalue weighted by Gasteiger charge is -2.55. The second kappa shape index (κ2) is 8.15. The maximum Gasteiger partial charge on any atom is 0.327 e. The molecule has 2 aromatic rings. The number of hydrogen-bond acceptors (Lipinski definition) is 6. The van der Waals surface area contributed by atoms with E-state index in [1.807, 2.05) is 18.0 Å². The van der Waals surface area contributed by atoms with Crippen LogP contribution in [0, 0.1) is 5.41 Å². The molecule has 4 aliphatic rings. The largest absolute Gasteiger partial charge is 0.336 e. The molecule has 4 aliphatic heterocycles. The first-order chi connectivity index (χ1) is 15.5. The molecule has 178 valence electrons. The van der Waals surface area contributed by atoms with Crippen molar-refractivity contribution in [3.8, 4) is 0 Å². The standard InChI is InChI=1S/C22H28Cl2N6O2S/c1-22(2,3)11-30-15(8-7-14-19(30)27(4)21(32)25-14)28-9-13-6-5-12(28)10-29(13)20(31)17-16(23)18(24)33-26-17/h7-8,12-13,15H,5-6,9-11H2,1-4H3,(H,25,32). The number of imidazole rings is 1. The van der Waals surface area contributed by atoms with Gasteiger partial charge in [0, 0.05) is 38.8 Å². The highest BCUT2D eigenvalue weighted by atomic mass is 35.5. The number of amides is 1. The van der Waals surface area contributed by atoms with Crippen LogP contribution in [0.1, 0.15) is 49.8 Å². The molecule has 6 heterocycles.